The highest BCUT2D eigenvalue weighted by Crippen LogP contribution is 2.29. The topological polar surface area (TPSA) is 58.2 Å². The summed E-state index contributed by atoms with van der Waals surface area (Å²) in [7, 11) is 0. The molecule has 3 rings (SSSR count). The molecule has 1 aliphatic rings. The first-order valence-corrected chi connectivity index (χ1v) is 11.2. The van der Waals surface area contributed by atoms with Gasteiger partial charge in [0.15, 0.2) is 0 Å². The molecule has 0 saturated carbocycles. The summed E-state index contributed by atoms with van der Waals surface area (Å²) in [4.78, 5) is 25.7. The van der Waals surface area contributed by atoms with Crippen LogP contribution >= 0.6 is 11.8 Å². The number of thioether (sulfide) groups is 1. The van der Waals surface area contributed by atoms with E-state index in [0.717, 1.165) is 30.6 Å². The summed E-state index contributed by atoms with van der Waals surface area (Å²) in [5.41, 5.74) is 4.13. The lowest BCUT2D eigenvalue weighted by atomic mass is 9.87. The number of carbonyl (C=O) groups is 2. The molecule has 0 heterocycles. The Labute approximate surface area is 171 Å². The predicted molar refractivity (Wildman–Crippen MR) is 116 cm³/mol. The lowest BCUT2D eigenvalue weighted by Crippen LogP contribution is -2.48. The minimum Gasteiger partial charge on any atom is -0.348 e. The van der Waals surface area contributed by atoms with Crippen LogP contribution in [0.1, 0.15) is 52.4 Å². The van der Waals surface area contributed by atoms with Gasteiger partial charge in [-0.05, 0) is 67.9 Å². The van der Waals surface area contributed by atoms with Crippen molar-refractivity contribution in [3.05, 3.63) is 70.8 Å². The Balaban J connectivity index is 1.71. The van der Waals surface area contributed by atoms with E-state index in [2.05, 4.69) is 22.8 Å². The molecule has 0 aliphatic heterocycles. The number of nitrogens with one attached hydrogen (secondary N) is 2. The van der Waals surface area contributed by atoms with Gasteiger partial charge in [0, 0.05) is 5.56 Å². The lowest BCUT2D eigenvalue weighted by Gasteiger charge is -2.28. The van der Waals surface area contributed by atoms with Gasteiger partial charge in [-0.15, -0.1) is 0 Å². The second-order valence-corrected chi connectivity index (χ2v) is 8.31. The van der Waals surface area contributed by atoms with Crippen LogP contribution in [0, 0.1) is 6.92 Å². The number of fused-ring (bicyclic) bond motifs is 1. The summed E-state index contributed by atoms with van der Waals surface area (Å²) in [5, 5.41) is 6.13. The van der Waals surface area contributed by atoms with E-state index in [-0.39, 0.29) is 17.9 Å². The maximum atomic E-state index is 13.0. The van der Waals surface area contributed by atoms with Crippen molar-refractivity contribution < 1.29 is 9.59 Å². The molecular weight excluding hydrogens is 368 g/mol. The van der Waals surface area contributed by atoms with Crippen LogP contribution in [0.15, 0.2) is 48.5 Å². The standard InChI is InChI=1S/C23H28N2O2S/c1-16-7-5-10-18(15-16)22(26)25-21(13-14-28-2)23(27)24-20-12-6-9-17-8-3-4-11-19(17)20/h3-5,7-8,10-11,15,20-21H,6,9,12-14H2,1-2H3,(H,24,27)(H,25,26). The Morgan fingerprint density at radius 2 is 2.00 bits per heavy atom. The third kappa shape index (κ3) is 5.16. The molecule has 148 valence electrons. The third-order valence-corrected chi connectivity index (χ3v) is 5.84. The SMILES string of the molecule is CSCCC(NC(=O)c1cccc(C)c1)C(=O)NC1CCCc2ccccc21. The number of carbonyl (C=O) groups excluding carboxylic acids is 2. The van der Waals surface area contributed by atoms with Gasteiger partial charge in [-0.3, -0.25) is 9.59 Å². The van der Waals surface area contributed by atoms with E-state index in [9.17, 15) is 9.59 Å². The Morgan fingerprint density at radius 1 is 1.18 bits per heavy atom. The number of hydrogen-bond donors (Lipinski definition) is 2. The van der Waals surface area contributed by atoms with E-state index in [1.165, 1.54) is 11.1 Å². The number of amides is 2. The zero-order valence-corrected chi connectivity index (χ0v) is 17.4. The smallest absolute Gasteiger partial charge is 0.251 e. The van der Waals surface area contributed by atoms with E-state index in [0.29, 0.717) is 12.0 Å². The molecule has 0 radical (unpaired) electrons. The molecule has 1 aliphatic carbocycles. The minimum absolute atomic E-state index is 0.0186. The summed E-state index contributed by atoms with van der Waals surface area (Å²) >= 11 is 1.68. The molecule has 2 N–H and O–H groups in total. The normalized spacial score (nSPS) is 16.7. The summed E-state index contributed by atoms with van der Waals surface area (Å²) in [5.74, 6) is 0.513. The first-order valence-electron chi connectivity index (χ1n) is 9.83. The molecule has 4 nitrogen and oxygen atoms in total. The van der Waals surface area contributed by atoms with Gasteiger partial charge in [-0.25, -0.2) is 0 Å². The molecule has 2 atom stereocenters. The van der Waals surface area contributed by atoms with Crippen LogP contribution in [0.5, 0.6) is 0 Å². The van der Waals surface area contributed by atoms with E-state index >= 15 is 0 Å². The Hall–Kier alpha value is -2.27. The van der Waals surface area contributed by atoms with Crippen LogP contribution in [-0.4, -0.2) is 29.9 Å². The van der Waals surface area contributed by atoms with Gasteiger partial charge in [-0.2, -0.15) is 11.8 Å². The highest BCUT2D eigenvalue weighted by molar-refractivity contribution is 7.98. The summed E-state index contributed by atoms with van der Waals surface area (Å²) < 4.78 is 0. The van der Waals surface area contributed by atoms with Crippen LogP contribution in [-0.2, 0) is 11.2 Å². The van der Waals surface area contributed by atoms with Crippen molar-refractivity contribution in [3.63, 3.8) is 0 Å². The lowest BCUT2D eigenvalue weighted by molar-refractivity contribution is -0.123. The van der Waals surface area contributed by atoms with Crippen LogP contribution in [0.25, 0.3) is 0 Å². The summed E-state index contributed by atoms with van der Waals surface area (Å²) in [6.07, 6.45) is 5.67. The Kier molecular flexibility index (Phi) is 7.15. The van der Waals surface area contributed by atoms with Gasteiger partial charge >= 0.3 is 0 Å². The van der Waals surface area contributed by atoms with Crippen molar-refractivity contribution in [3.8, 4) is 0 Å². The molecule has 5 heteroatoms. The number of benzene rings is 2. The maximum absolute atomic E-state index is 13.0. The number of hydrogen-bond acceptors (Lipinski definition) is 3. The van der Waals surface area contributed by atoms with Gasteiger partial charge < -0.3 is 10.6 Å². The molecule has 2 unspecified atom stereocenters. The fourth-order valence-corrected chi connectivity index (χ4v) is 4.18. The molecule has 0 saturated heterocycles. The van der Waals surface area contributed by atoms with E-state index in [1.807, 2.05) is 43.5 Å². The average molecular weight is 397 g/mol. The van der Waals surface area contributed by atoms with Crippen molar-refractivity contribution >= 4 is 23.6 Å². The first-order chi connectivity index (χ1) is 13.6. The van der Waals surface area contributed by atoms with Crippen molar-refractivity contribution in [1.82, 2.24) is 10.6 Å². The summed E-state index contributed by atoms with van der Waals surface area (Å²) in [6, 6.07) is 15.2. The Morgan fingerprint density at radius 3 is 2.79 bits per heavy atom. The second-order valence-electron chi connectivity index (χ2n) is 7.33. The van der Waals surface area contributed by atoms with Gasteiger partial charge in [0.1, 0.15) is 6.04 Å². The highest BCUT2D eigenvalue weighted by Gasteiger charge is 2.26. The van der Waals surface area contributed by atoms with Crippen LogP contribution < -0.4 is 10.6 Å². The molecule has 0 bridgehead atoms. The van der Waals surface area contributed by atoms with Crippen LogP contribution in [0.4, 0.5) is 0 Å². The average Bonchev–Trinajstić information content (AvgIpc) is 2.71. The molecule has 2 amide bonds. The monoisotopic (exact) mass is 396 g/mol. The molecule has 2 aromatic carbocycles. The molecule has 2 aromatic rings. The van der Waals surface area contributed by atoms with E-state index in [4.69, 9.17) is 0 Å². The van der Waals surface area contributed by atoms with Crippen molar-refractivity contribution in [2.45, 2.75) is 44.7 Å². The van der Waals surface area contributed by atoms with Gasteiger partial charge in [0.25, 0.3) is 5.91 Å². The first kappa shape index (κ1) is 20.5. The number of aryl methyl sites for hydroxylation is 2. The third-order valence-electron chi connectivity index (χ3n) is 5.20. The molecule has 28 heavy (non-hydrogen) atoms. The van der Waals surface area contributed by atoms with E-state index in [1.54, 1.807) is 17.8 Å². The number of rotatable bonds is 7. The van der Waals surface area contributed by atoms with Crippen LogP contribution in [0.3, 0.4) is 0 Å². The molecular formula is C23H28N2O2S. The van der Waals surface area contributed by atoms with Gasteiger partial charge in [0.05, 0.1) is 6.04 Å². The van der Waals surface area contributed by atoms with E-state index < -0.39 is 6.04 Å². The maximum Gasteiger partial charge on any atom is 0.251 e. The highest BCUT2D eigenvalue weighted by atomic mass is 32.2. The minimum atomic E-state index is -0.533. The zero-order valence-electron chi connectivity index (χ0n) is 16.5. The molecule has 0 fully saturated rings. The summed E-state index contributed by atoms with van der Waals surface area (Å²) in [6.45, 7) is 1.95. The largest absolute Gasteiger partial charge is 0.348 e. The fourth-order valence-electron chi connectivity index (χ4n) is 3.71. The zero-order chi connectivity index (χ0) is 19.9. The molecule has 0 spiro atoms. The van der Waals surface area contributed by atoms with Crippen molar-refractivity contribution in [2.75, 3.05) is 12.0 Å². The van der Waals surface area contributed by atoms with Gasteiger partial charge in [-0.1, -0.05) is 42.0 Å². The Bertz CT molecular complexity index is 837. The molecule has 0 aromatic heterocycles. The fraction of sp³-hybridized carbons (Fsp3) is 0.391. The van der Waals surface area contributed by atoms with Gasteiger partial charge in [0.2, 0.25) is 5.91 Å². The van der Waals surface area contributed by atoms with Crippen molar-refractivity contribution in [2.24, 2.45) is 0 Å². The predicted octanol–water partition coefficient (Wildman–Crippen LogP) is 4.04. The quantitative estimate of drug-likeness (QED) is 0.743. The van der Waals surface area contributed by atoms with Crippen LogP contribution in [0.2, 0.25) is 0 Å². The second kappa shape index (κ2) is 9.78. The van der Waals surface area contributed by atoms with Crippen molar-refractivity contribution in [1.29, 1.82) is 0 Å².